The molecule has 3 N–H and O–H groups in total. The molecular formula is C11H18N4O2. The number of hydrogen-bond acceptors (Lipinski definition) is 5. The lowest BCUT2D eigenvalue weighted by molar-refractivity contribution is 0.298. The molecule has 17 heavy (non-hydrogen) atoms. The molecule has 0 aromatic carbocycles. The van der Waals surface area contributed by atoms with E-state index in [0.717, 1.165) is 26.2 Å². The number of aromatic nitrogens is 2. The van der Waals surface area contributed by atoms with Gasteiger partial charge in [0.25, 0.3) is 5.56 Å². The molecule has 0 atom stereocenters. The number of nitrogens with zero attached hydrogens (tertiary/aromatic N) is 2. The van der Waals surface area contributed by atoms with Crippen LogP contribution in [0.3, 0.4) is 0 Å². The zero-order valence-electron chi connectivity index (χ0n) is 9.99. The number of H-pyrrole nitrogens is 1. The molecule has 0 spiro atoms. The predicted octanol–water partition coefficient (Wildman–Crippen LogP) is -0.977. The monoisotopic (exact) mass is 238 g/mol. The van der Waals surface area contributed by atoms with E-state index in [1.807, 2.05) is 6.92 Å². The van der Waals surface area contributed by atoms with E-state index in [1.54, 1.807) is 0 Å². The molecule has 2 rings (SSSR count). The van der Waals surface area contributed by atoms with Gasteiger partial charge in [-0.1, -0.05) is 0 Å². The first-order valence-electron chi connectivity index (χ1n) is 5.88. The van der Waals surface area contributed by atoms with Gasteiger partial charge in [0.05, 0.1) is 5.69 Å². The quantitative estimate of drug-likeness (QED) is 0.631. The SMILES string of the molecule is Cc1nc(N2CCNCC2)[nH]c(=O)c1CCO. The number of aryl methyl sites for hydroxylation is 1. The van der Waals surface area contributed by atoms with Crippen LogP contribution < -0.4 is 15.8 Å². The highest BCUT2D eigenvalue weighted by Crippen LogP contribution is 2.09. The van der Waals surface area contributed by atoms with Gasteiger partial charge in [-0.2, -0.15) is 0 Å². The van der Waals surface area contributed by atoms with Crippen molar-refractivity contribution in [3.05, 3.63) is 21.6 Å². The second-order valence-corrected chi connectivity index (χ2v) is 4.16. The minimum absolute atomic E-state index is 0.0292. The van der Waals surface area contributed by atoms with Crippen LogP contribution in [0.15, 0.2) is 4.79 Å². The van der Waals surface area contributed by atoms with Gasteiger partial charge in [-0.3, -0.25) is 9.78 Å². The van der Waals surface area contributed by atoms with Crippen molar-refractivity contribution in [2.24, 2.45) is 0 Å². The van der Waals surface area contributed by atoms with Crippen molar-refractivity contribution in [2.75, 3.05) is 37.7 Å². The van der Waals surface area contributed by atoms with Crippen LogP contribution in [-0.2, 0) is 6.42 Å². The fourth-order valence-electron chi connectivity index (χ4n) is 2.03. The van der Waals surface area contributed by atoms with E-state index in [0.29, 0.717) is 23.6 Å². The Hall–Kier alpha value is -1.40. The number of aromatic amines is 1. The second-order valence-electron chi connectivity index (χ2n) is 4.16. The van der Waals surface area contributed by atoms with Gasteiger partial charge in [-0.15, -0.1) is 0 Å². The maximum atomic E-state index is 11.8. The molecule has 0 aliphatic carbocycles. The topological polar surface area (TPSA) is 81.2 Å². The van der Waals surface area contributed by atoms with Crippen LogP contribution in [0.2, 0.25) is 0 Å². The Morgan fingerprint density at radius 1 is 1.41 bits per heavy atom. The van der Waals surface area contributed by atoms with Gasteiger partial charge in [0.1, 0.15) is 0 Å². The third kappa shape index (κ3) is 2.65. The number of nitrogens with one attached hydrogen (secondary N) is 2. The Morgan fingerprint density at radius 2 is 2.12 bits per heavy atom. The third-order valence-electron chi connectivity index (χ3n) is 2.99. The third-order valence-corrected chi connectivity index (χ3v) is 2.99. The minimum atomic E-state index is -0.139. The van der Waals surface area contributed by atoms with Crippen LogP contribution in [0.25, 0.3) is 0 Å². The molecule has 1 aliphatic heterocycles. The molecule has 1 fully saturated rings. The maximum Gasteiger partial charge on any atom is 0.255 e. The van der Waals surface area contributed by atoms with Crippen molar-refractivity contribution in [3.63, 3.8) is 0 Å². The lowest BCUT2D eigenvalue weighted by Gasteiger charge is -2.28. The summed E-state index contributed by atoms with van der Waals surface area (Å²) in [4.78, 5) is 21.1. The van der Waals surface area contributed by atoms with Crippen molar-refractivity contribution in [2.45, 2.75) is 13.3 Å². The van der Waals surface area contributed by atoms with E-state index in [9.17, 15) is 4.79 Å². The van der Waals surface area contributed by atoms with Crippen LogP contribution >= 0.6 is 0 Å². The molecule has 0 radical (unpaired) electrons. The Labute approximate surface area is 99.7 Å². The van der Waals surface area contributed by atoms with E-state index in [2.05, 4.69) is 20.2 Å². The molecule has 0 amide bonds. The molecule has 1 saturated heterocycles. The zero-order chi connectivity index (χ0) is 12.3. The summed E-state index contributed by atoms with van der Waals surface area (Å²) in [6.07, 6.45) is 0.357. The number of aliphatic hydroxyl groups is 1. The molecule has 1 aromatic heterocycles. The fraction of sp³-hybridized carbons (Fsp3) is 0.636. The Kier molecular flexibility index (Phi) is 3.75. The average Bonchev–Trinajstić information content (AvgIpc) is 2.35. The van der Waals surface area contributed by atoms with Gasteiger partial charge >= 0.3 is 0 Å². The molecule has 94 valence electrons. The van der Waals surface area contributed by atoms with Crippen LogP contribution in [0.1, 0.15) is 11.3 Å². The number of rotatable bonds is 3. The van der Waals surface area contributed by atoms with Crippen molar-refractivity contribution < 1.29 is 5.11 Å². The smallest absolute Gasteiger partial charge is 0.255 e. The van der Waals surface area contributed by atoms with E-state index in [4.69, 9.17) is 5.11 Å². The first-order chi connectivity index (χ1) is 8.22. The standard InChI is InChI=1S/C11H18N4O2/c1-8-9(2-7-16)10(17)14-11(13-8)15-5-3-12-4-6-15/h12,16H,2-7H2,1H3,(H,13,14,17). The summed E-state index contributed by atoms with van der Waals surface area (Å²) >= 11 is 0. The van der Waals surface area contributed by atoms with E-state index < -0.39 is 0 Å². The van der Waals surface area contributed by atoms with Crippen LogP contribution in [0.5, 0.6) is 0 Å². The first-order valence-corrected chi connectivity index (χ1v) is 5.88. The van der Waals surface area contributed by atoms with Crippen LogP contribution in [0, 0.1) is 6.92 Å². The summed E-state index contributed by atoms with van der Waals surface area (Å²) < 4.78 is 0. The normalized spacial score (nSPS) is 16.2. The van der Waals surface area contributed by atoms with Gasteiger partial charge in [0.15, 0.2) is 0 Å². The van der Waals surface area contributed by atoms with Crippen molar-refractivity contribution in [1.29, 1.82) is 0 Å². The summed E-state index contributed by atoms with van der Waals surface area (Å²) in [5.74, 6) is 0.635. The Morgan fingerprint density at radius 3 is 2.71 bits per heavy atom. The lowest BCUT2D eigenvalue weighted by atomic mass is 10.2. The molecule has 1 aromatic rings. The van der Waals surface area contributed by atoms with Gasteiger partial charge in [-0.25, -0.2) is 4.98 Å². The van der Waals surface area contributed by atoms with Crippen molar-refractivity contribution in [3.8, 4) is 0 Å². The minimum Gasteiger partial charge on any atom is -0.396 e. The zero-order valence-corrected chi connectivity index (χ0v) is 9.99. The van der Waals surface area contributed by atoms with Crippen molar-refractivity contribution in [1.82, 2.24) is 15.3 Å². The fourth-order valence-corrected chi connectivity index (χ4v) is 2.03. The highest BCUT2D eigenvalue weighted by molar-refractivity contribution is 5.33. The predicted molar refractivity (Wildman–Crippen MR) is 65.5 cm³/mol. The Bertz CT molecular complexity index is 438. The van der Waals surface area contributed by atoms with E-state index in [-0.39, 0.29) is 12.2 Å². The molecule has 1 aliphatic rings. The Balaban J connectivity index is 2.27. The largest absolute Gasteiger partial charge is 0.396 e. The van der Waals surface area contributed by atoms with Crippen LogP contribution in [0.4, 0.5) is 5.95 Å². The maximum absolute atomic E-state index is 11.8. The molecular weight excluding hydrogens is 220 g/mol. The second kappa shape index (κ2) is 5.29. The summed E-state index contributed by atoms with van der Waals surface area (Å²) in [7, 11) is 0. The molecule has 6 nitrogen and oxygen atoms in total. The number of hydrogen-bond donors (Lipinski definition) is 3. The summed E-state index contributed by atoms with van der Waals surface area (Å²) in [6, 6.07) is 0. The molecule has 0 unspecified atom stereocenters. The molecule has 0 bridgehead atoms. The average molecular weight is 238 g/mol. The molecule has 6 heteroatoms. The number of piperazine rings is 1. The van der Waals surface area contributed by atoms with Crippen LogP contribution in [-0.4, -0.2) is 47.9 Å². The first kappa shape index (κ1) is 12.1. The van der Waals surface area contributed by atoms with E-state index >= 15 is 0 Å². The van der Waals surface area contributed by atoms with Gasteiger partial charge in [0.2, 0.25) is 5.95 Å². The lowest BCUT2D eigenvalue weighted by Crippen LogP contribution is -2.45. The highest BCUT2D eigenvalue weighted by atomic mass is 16.3. The summed E-state index contributed by atoms with van der Waals surface area (Å²) in [5, 5.41) is 12.1. The number of anilines is 1. The van der Waals surface area contributed by atoms with E-state index in [1.165, 1.54) is 0 Å². The van der Waals surface area contributed by atoms with Gasteiger partial charge in [0, 0.05) is 44.8 Å². The van der Waals surface area contributed by atoms with Crippen molar-refractivity contribution >= 4 is 5.95 Å². The molecule has 2 heterocycles. The van der Waals surface area contributed by atoms with Gasteiger partial charge in [-0.05, 0) is 6.92 Å². The van der Waals surface area contributed by atoms with Gasteiger partial charge < -0.3 is 15.3 Å². The highest BCUT2D eigenvalue weighted by Gasteiger charge is 2.15. The molecule has 0 saturated carbocycles. The number of aliphatic hydroxyl groups excluding tert-OH is 1. The summed E-state index contributed by atoms with van der Waals surface area (Å²) in [6.45, 7) is 5.29. The summed E-state index contributed by atoms with van der Waals surface area (Å²) in [5.41, 5.74) is 1.14.